The molecule has 0 bridgehead atoms. The topological polar surface area (TPSA) is 57.1 Å². The van der Waals surface area contributed by atoms with Crippen LogP contribution >= 0.6 is 0 Å². The lowest BCUT2D eigenvalue weighted by Gasteiger charge is -2.33. The van der Waals surface area contributed by atoms with Crippen molar-refractivity contribution in [2.45, 2.75) is 26.1 Å². The van der Waals surface area contributed by atoms with E-state index in [0.717, 1.165) is 6.42 Å². The smallest absolute Gasteiger partial charge is 0.216 e. The highest BCUT2D eigenvalue weighted by molar-refractivity contribution is 6.41. The van der Waals surface area contributed by atoms with Gasteiger partial charge in [-0.15, -0.1) is 0 Å². The van der Waals surface area contributed by atoms with Gasteiger partial charge >= 0.3 is 0 Å². The van der Waals surface area contributed by atoms with Crippen LogP contribution in [0.3, 0.4) is 0 Å². The number of Topliss-reactive ketones (excluding diaryl/α,β-unsaturated/α-hetero) is 1. The van der Waals surface area contributed by atoms with Gasteiger partial charge in [-0.05, 0) is 13.3 Å². The third-order valence-electron chi connectivity index (χ3n) is 1.99. The summed E-state index contributed by atoms with van der Waals surface area (Å²) in [5.41, 5.74) is 0.166. The Morgan fingerprint density at radius 3 is 2.43 bits per heavy atom. The molecule has 5 nitrogen and oxygen atoms in total. The SMILES string of the molecule is CON=C(C(C)=O)C1(C)OCCCO1. The zero-order valence-electron chi connectivity index (χ0n) is 8.70. The molecule has 0 aromatic heterocycles. The number of carbonyl (C=O) groups is 1. The van der Waals surface area contributed by atoms with Crippen LogP contribution in [0.1, 0.15) is 20.3 Å². The average Bonchev–Trinajstić information content (AvgIpc) is 2.14. The number of oxime groups is 1. The van der Waals surface area contributed by atoms with Crippen molar-refractivity contribution in [2.24, 2.45) is 5.16 Å². The van der Waals surface area contributed by atoms with Crippen molar-refractivity contribution in [3.05, 3.63) is 0 Å². The van der Waals surface area contributed by atoms with Gasteiger partial charge in [0, 0.05) is 6.92 Å². The van der Waals surface area contributed by atoms with E-state index in [1.807, 2.05) is 0 Å². The fourth-order valence-corrected chi connectivity index (χ4v) is 1.33. The lowest BCUT2D eigenvalue weighted by atomic mass is 10.1. The van der Waals surface area contributed by atoms with E-state index in [1.165, 1.54) is 14.0 Å². The molecular weight excluding hydrogens is 186 g/mol. The second-order valence-corrected chi connectivity index (χ2v) is 3.17. The largest absolute Gasteiger partial charge is 0.399 e. The third-order valence-corrected chi connectivity index (χ3v) is 1.99. The maximum atomic E-state index is 11.3. The van der Waals surface area contributed by atoms with Gasteiger partial charge in [0.1, 0.15) is 7.11 Å². The summed E-state index contributed by atoms with van der Waals surface area (Å²) in [5.74, 6) is -1.27. The molecule has 1 heterocycles. The van der Waals surface area contributed by atoms with Crippen molar-refractivity contribution < 1.29 is 19.1 Å². The highest BCUT2D eigenvalue weighted by atomic mass is 16.7. The molecule has 14 heavy (non-hydrogen) atoms. The second-order valence-electron chi connectivity index (χ2n) is 3.17. The Morgan fingerprint density at radius 1 is 1.43 bits per heavy atom. The molecular formula is C9H15NO4. The van der Waals surface area contributed by atoms with Crippen molar-refractivity contribution in [1.29, 1.82) is 0 Å². The Balaban J connectivity index is 2.85. The number of hydrogen-bond donors (Lipinski definition) is 0. The van der Waals surface area contributed by atoms with Crippen LogP contribution in [0.2, 0.25) is 0 Å². The lowest BCUT2D eigenvalue weighted by Crippen LogP contribution is -2.48. The van der Waals surface area contributed by atoms with Gasteiger partial charge in [0.25, 0.3) is 0 Å². The van der Waals surface area contributed by atoms with E-state index < -0.39 is 5.79 Å². The molecule has 0 amide bonds. The number of hydrogen-bond acceptors (Lipinski definition) is 5. The van der Waals surface area contributed by atoms with Gasteiger partial charge in [-0.3, -0.25) is 4.79 Å². The molecule has 0 atom stereocenters. The van der Waals surface area contributed by atoms with Gasteiger partial charge in [-0.2, -0.15) is 0 Å². The van der Waals surface area contributed by atoms with Gasteiger partial charge in [0.2, 0.25) is 5.79 Å². The minimum Gasteiger partial charge on any atom is -0.399 e. The molecule has 0 aromatic carbocycles. The van der Waals surface area contributed by atoms with E-state index in [-0.39, 0.29) is 11.5 Å². The summed E-state index contributed by atoms with van der Waals surface area (Å²) in [4.78, 5) is 15.9. The monoisotopic (exact) mass is 201 g/mol. The van der Waals surface area contributed by atoms with Gasteiger partial charge in [-0.25, -0.2) is 0 Å². The van der Waals surface area contributed by atoms with Gasteiger partial charge in [-0.1, -0.05) is 5.16 Å². The highest BCUT2D eigenvalue weighted by Gasteiger charge is 2.38. The minimum atomic E-state index is -1.06. The first-order chi connectivity index (χ1) is 6.60. The predicted octanol–water partition coefficient (Wildman–Crippen LogP) is 0.731. The molecule has 1 rings (SSSR count). The van der Waals surface area contributed by atoms with Crippen LogP contribution in [-0.4, -0.2) is 37.6 Å². The number of ketones is 1. The molecule has 1 aliphatic rings. The van der Waals surface area contributed by atoms with Gasteiger partial charge in [0.15, 0.2) is 11.5 Å². The van der Waals surface area contributed by atoms with E-state index in [4.69, 9.17) is 9.47 Å². The number of nitrogens with zero attached hydrogens (tertiary/aromatic N) is 1. The van der Waals surface area contributed by atoms with E-state index in [0.29, 0.717) is 13.2 Å². The summed E-state index contributed by atoms with van der Waals surface area (Å²) in [6.07, 6.45) is 0.827. The molecule has 1 aliphatic heterocycles. The van der Waals surface area contributed by atoms with Crippen LogP contribution in [-0.2, 0) is 19.1 Å². The first kappa shape index (κ1) is 11.1. The van der Waals surface area contributed by atoms with Crippen molar-refractivity contribution in [3.63, 3.8) is 0 Å². The molecule has 0 N–H and O–H groups in total. The Hall–Kier alpha value is -0.940. The van der Waals surface area contributed by atoms with Crippen molar-refractivity contribution in [2.75, 3.05) is 20.3 Å². The second kappa shape index (κ2) is 4.52. The zero-order valence-corrected chi connectivity index (χ0v) is 8.70. The van der Waals surface area contributed by atoms with Crippen LogP contribution in [0, 0.1) is 0 Å². The van der Waals surface area contributed by atoms with Crippen LogP contribution < -0.4 is 0 Å². The van der Waals surface area contributed by atoms with Crippen LogP contribution in [0.15, 0.2) is 5.16 Å². The van der Waals surface area contributed by atoms with Gasteiger partial charge in [0.05, 0.1) is 13.2 Å². The molecule has 0 radical (unpaired) electrons. The Labute approximate surface area is 83.0 Å². The normalized spacial score (nSPS) is 21.8. The number of rotatable bonds is 3. The van der Waals surface area contributed by atoms with Crippen LogP contribution in [0.4, 0.5) is 0 Å². The first-order valence-corrected chi connectivity index (χ1v) is 4.50. The van der Waals surface area contributed by atoms with Crippen LogP contribution in [0.5, 0.6) is 0 Å². The Kier molecular flexibility index (Phi) is 3.60. The summed E-state index contributed by atoms with van der Waals surface area (Å²) in [6, 6.07) is 0. The fourth-order valence-electron chi connectivity index (χ4n) is 1.33. The summed E-state index contributed by atoms with van der Waals surface area (Å²) in [7, 11) is 1.38. The minimum absolute atomic E-state index is 0.166. The molecule has 0 aliphatic carbocycles. The molecule has 0 aromatic rings. The molecule has 1 fully saturated rings. The lowest BCUT2D eigenvalue weighted by molar-refractivity contribution is -0.212. The summed E-state index contributed by atoms with van der Waals surface area (Å²) < 4.78 is 10.8. The molecule has 0 spiro atoms. The zero-order chi connectivity index (χ0) is 10.6. The predicted molar refractivity (Wildman–Crippen MR) is 50.1 cm³/mol. The molecule has 80 valence electrons. The van der Waals surface area contributed by atoms with E-state index in [2.05, 4.69) is 9.99 Å². The molecule has 0 saturated carbocycles. The van der Waals surface area contributed by atoms with E-state index >= 15 is 0 Å². The Morgan fingerprint density at radius 2 is 2.00 bits per heavy atom. The summed E-state index contributed by atoms with van der Waals surface area (Å²) >= 11 is 0. The molecule has 5 heteroatoms. The van der Waals surface area contributed by atoms with Gasteiger partial charge < -0.3 is 14.3 Å². The van der Waals surface area contributed by atoms with E-state index in [1.54, 1.807) is 6.92 Å². The van der Waals surface area contributed by atoms with Crippen molar-refractivity contribution in [3.8, 4) is 0 Å². The fraction of sp³-hybridized carbons (Fsp3) is 0.778. The van der Waals surface area contributed by atoms with Crippen LogP contribution in [0.25, 0.3) is 0 Å². The number of carbonyl (C=O) groups excluding carboxylic acids is 1. The summed E-state index contributed by atoms with van der Waals surface area (Å²) in [6.45, 7) is 4.20. The molecule has 1 saturated heterocycles. The first-order valence-electron chi connectivity index (χ1n) is 4.50. The quantitative estimate of drug-likeness (QED) is 0.499. The summed E-state index contributed by atoms with van der Waals surface area (Å²) in [5, 5.41) is 3.64. The third kappa shape index (κ3) is 2.30. The standard InChI is InChI=1S/C9H15NO4/c1-7(11)8(10-12-3)9(2)13-5-4-6-14-9/h4-6H2,1-3H3. The number of ether oxygens (including phenoxy) is 2. The van der Waals surface area contributed by atoms with E-state index in [9.17, 15) is 4.79 Å². The van der Waals surface area contributed by atoms with Crippen molar-refractivity contribution >= 4 is 11.5 Å². The average molecular weight is 201 g/mol. The highest BCUT2D eigenvalue weighted by Crippen LogP contribution is 2.20. The Bertz CT molecular complexity index is 243. The van der Waals surface area contributed by atoms with Crippen molar-refractivity contribution in [1.82, 2.24) is 0 Å². The maximum absolute atomic E-state index is 11.3. The molecule has 0 unspecified atom stereocenters. The maximum Gasteiger partial charge on any atom is 0.216 e.